The normalized spacial score (nSPS) is 11.8. The van der Waals surface area contributed by atoms with E-state index in [-0.39, 0.29) is 29.5 Å². The Morgan fingerprint density at radius 2 is 1.49 bits per heavy atom. The van der Waals surface area contributed by atoms with Gasteiger partial charge in [-0.05, 0) is 49.2 Å². The summed E-state index contributed by atoms with van der Waals surface area (Å²) in [6.45, 7) is 3.75. The molecule has 0 saturated heterocycles. The van der Waals surface area contributed by atoms with Gasteiger partial charge in [-0.25, -0.2) is 8.42 Å². The number of methoxy groups -OCH3 is 1. The highest BCUT2D eigenvalue weighted by atomic mass is 32.2. The van der Waals surface area contributed by atoms with Crippen molar-refractivity contribution in [1.82, 2.24) is 10.2 Å². The van der Waals surface area contributed by atoms with Crippen molar-refractivity contribution in [2.45, 2.75) is 37.8 Å². The lowest BCUT2D eigenvalue weighted by atomic mass is 10.0. The number of carbonyl (C=O) groups excluding carboxylic acids is 2. The second-order valence-electron chi connectivity index (χ2n) is 10.1. The van der Waals surface area contributed by atoms with Crippen LogP contribution in [-0.4, -0.2) is 51.4 Å². The number of sulfonamides is 1. The standard InChI is InChI=1S/C34H37N3O5S/c1-4-35-34(39)32(22-27-14-7-5-8-15-27)36(24-28-16-11-13-26(2)21-28)33(38)25-37(29-17-12-18-30(23-29)42-3)43(40,41)31-19-9-6-10-20-31/h5-21,23,32H,4,22,24-25H2,1-3H3,(H,35,39). The lowest BCUT2D eigenvalue weighted by Crippen LogP contribution is -2.53. The van der Waals surface area contributed by atoms with Crippen LogP contribution in [0.25, 0.3) is 0 Å². The van der Waals surface area contributed by atoms with Gasteiger partial charge < -0.3 is 15.0 Å². The maximum absolute atomic E-state index is 14.4. The summed E-state index contributed by atoms with van der Waals surface area (Å²) in [5, 5.41) is 2.87. The number of amides is 2. The van der Waals surface area contributed by atoms with Gasteiger partial charge in [0.2, 0.25) is 11.8 Å². The van der Waals surface area contributed by atoms with Gasteiger partial charge in [0.15, 0.2) is 0 Å². The molecule has 4 aromatic carbocycles. The molecule has 1 atom stereocenters. The number of ether oxygens (including phenoxy) is 1. The molecule has 9 heteroatoms. The van der Waals surface area contributed by atoms with Crippen LogP contribution in [0, 0.1) is 6.92 Å². The van der Waals surface area contributed by atoms with Crippen LogP contribution in [0.5, 0.6) is 5.75 Å². The molecular weight excluding hydrogens is 562 g/mol. The lowest BCUT2D eigenvalue weighted by molar-refractivity contribution is -0.140. The number of rotatable bonds is 13. The summed E-state index contributed by atoms with van der Waals surface area (Å²) < 4.78 is 34.5. The molecule has 1 unspecified atom stereocenters. The number of likely N-dealkylation sites (N-methyl/N-ethyl adjacent to an activating group) is 1. The van der Waals surface area contributed by atoms with E-state index in [0.29, 0.717) is 12.3 Å². The Bertz CT molecular complexity index is 1630. The molecule has 0 aliphatic carbocycles. The second-order valence-corrected chi connectivity index (χ2v) is 12.0. The molecular formula is C34H37N3O5S. The average Bonchev–Trinajstić information content (AvgIpc) is 3.02. The Morgan fingerprint density at radius 1 is 0.837 bits per heavy atom. The average molecular weight is 600 g/mol. The minimum atomic E-state index is -4.17. The summed E-state index contributed by atoms with van der Waals surface area (Å²) in [7, 11) is -2.68. The van der Waals surface area contributed by atoms with Gasteiger partial charge in [-0.1, -0.05) is 84.4 Å². The van der Waals surface area contributed by atoms with Gasteiger partial charge in [0.1, 0.15) is 18.3 Å². The SMILES string of the molecule is CCNC(=O)C(Cc1ccccc1)N(Cc1cccc(C)c1)C(=O)CN(c1cccc(OC)c1)S(=O)(=O)c1ccccc1. The largest absolute Gasteiger partial charge is 0.497 e. The van der Waals surface area contributed by atoms with E-state index in [0.717, 1.165) is 21.0 Å². The molecule has 0 spiro atoms. The molecule has 0 fully saturated rings. The first-order valence-corrected chi connectivity index (χ1v) is 15.6. The molecule has 0 aliphatic heterocycles. The molecule has 0 aliphatic rings. The zero-order valence-electron chi connectivity index (χ0n) is 24.6. The maximum Gasteiger partial charge on any atom is 0.264 e. The van der Waals surface area contributed by atoms with Crippen LogP contribution in [0.1, 0.15) is 23.6 Å². The Balaban J connectivity index is 1.80. The van der Waals surface area contributed by atoms with Crippen molar-refractivity contribution in [3.8, 4) is 5.75 Å². The van der Waals surface area contributed by atoms with Crippen molar-refractivity contribution in [2.75, 3.05) is 24.5 Å². The van der Waals surface area contributed by atoms with Gasteiger partial charge in [-0.2, -0.15) is 0 Å². The number of hydrogen-bond donors (Lipinski definition) is 1. The van der Waals surface area contributed by atoms with Crippen LogP contribution in [0.4, 0.5) is 5.69 Å². The molecule has 0 heterocycles. The number of nitrogens with one attached hydrogen (secondary N) is 1. The van der Waals surface area contributed by atoms with Gasteiger partial charge in [-0.15, -0.1) is 0 Å². The number of benzene rings is 4. The Kier molecular flexibility index (Phi) is 10.6. The predicted molar refractivity (Wildman–Crippen MR) is 168 cm³/mol. The zero-order chi connectivity index (χ0) is 30.8. The summed E-state index contributed by atoms with van der Waals surface area (Å²) in [4.78, 5) is 29.5. The third-order valence-electron chi connectivity index (χ3n) is 7.01. The van der Waals surface area contributed by atoms with E-state index in [1.54, 1.807) is 42.5 Å². The van der Waals surface area contributed by atoms with E-state index in [9.17, 15) is 18.0 Å². The minimum Gasteiger partial charge on any atom is -0.497 e. The van der Waals surface area contributed by atoms with Crippen molar-refractivity contribution in [2.24, 2.45) is 0 Å². The van der Waals surface area contributed by atoms with Gasteiger partial charge in [0.25, 0.3) is 10.0 Å². The molecule has 0 saturated carbocycles. The molecule has 0 aromatic heterocycles. The third kappa shape index (κ3) is 8.02. The van der Waals surface area contributed by atoms with Crippen molar-refractivity contribution in [3.63, 3.8) is 0 Å². The molecule has 0 radical (unpaired) electrons. The van der Waals surface area contributed by atoms with Crippen LogP contribution < -0.4 is 14.4 Å². The molecule has 0 bridgehead atoms. The van der Waals surface area contributed by atoms with Crippen molar-refractivity contribution >= 4 is 27.5 Å². The third-order valence-corrected chi connectivity index (χ3v) is 8.80. The quantitative estimate of drug-likeness (QED) is 0.234. The van der Waals surface area contributed by atoms with E-state index < -0.39 is 28.5 Å². The lowest BCUT2D eigenvalue weighted by Gasteiger charge is -2.34. The fraction of sp³-hybridized carbons (Fsp3) is 0.235. The fourth-order valence-electron chi connectivity index (χ4n) is 4.87. The zero-order valence-corrected chi connectivity index (χ0v) is 25.5. The summed E-state index contributed by atoms with van der Waals surface area (Å²) >= 11 is 0. The smallest absolute Gasteiger partial charge is 0.264 e. The minimum absolute atomic E-state index is 0.0421. The van der Waals surface area contributed by atoms with Gasteiger partial charge in [0, 0.05) is 25.6 Å². The van der Waals surface area contributed by atoms with E-state index in [1.807, 2.05) is 68.4 Å². The van der Waals surface area contributed by atoms with E-state index in [1.165, 1.54) is 24.1 Å². The highest BCUT2D eigenvalue weighted by molar-refractivity contribution is 7.92. The monoisotopic (exact) mass is 599 g/mol. The highest BCUT2D eigenvalue weighted by Gasteiger charge is 2.34. The molecule has 8 nitrogen and oxygen atoms in total. The van der Waals surface area contributed by atoms with E-state index >= 15 is 0 Å². The first-order valence-electron chi connectivity index (χ1n) is 14.1. The first kappa shape index (κ1) is 31.3. The molecule has 4 aromatic rings. The van der Waals surface area contributed by atoms with Crippen molar-refractivity contribution in [3.05, 3.63) is 126 Å². The molecule has 43 heavy (non-hydrogen) atoms. The number of hydrogen-bond acceptors (Lipinski definition) is 5. The summed E-state index contributed by atoms with van der Waals surface area (Å²) in [6, 6.07) is 30.8. The predicted octanol–water partition coefficient (Wildman–Crippen LogP) is 4.98. The topological polar surface area (TPSA) is 96.0 Å². The van der Waals surface area contributed by atoms with Gasteiger partial charge in [0.05, 0.1) is 17.7 Å². The van der Waals surface area contributed by atoms with Gasteiger partial charge in [-0.3, -0.25) is 13.9 Å². The summed E-state index contributed by atoms with van der Waals surface area (Å²) in [5.41, 5.74) is 2.98. The van der Waals surface area contributed by atoms with Crippen LogP contribution >= 0.6 is 0 Å². The van der Waals surface area contributed by atoms with Crippen LogP contribution in [-0.2, 0) is 32.6 Å². The summed E-state index contributed by atoms with van der Waals surface area (Å²) in [5.74, 6) is -0.388. The second kappa shape index (κ2) is 14.5. The molecule has 1 N–H and O–H groups in total. The number of anilines is 1. The fourth-order valence-corrected chi connectivity index (χ4v) is 6.29. The highest BCUT2D eigenvalue weighted by Crippen LogP contribution is 2.28. The van der Waals surface area contributed by atoms with Crippen LogP contribution in [0.15, 0.2) is 114 Å². The maximum atomic E-state index is 14.4. The number of carbonyl (C=O) groups is 2. The van der Waals surface area contributed by atoms with E-state index in [2.05, 4.69) is 5.32 Å². The van der Waals surface area contributed by atoms with Crippen molar-refractivity contribution in [1.29, 1.82) is 0 Å². The Morgan fingerprint density at radius 3 is 2.14 bits per heavy atom. The molecule has 224 valence electrons. The van der Waals surface area contributed by atoms with Gasteiger partial charge >= 0.3 is 0 Å². The van der Waals surface area contributed by atoms with Crippen molar-refractivity contribution < 1.29 is 22.7 Å². The number of aryl methyl sites for hydroxylation is 1. The Labute approximate surface area is 254 Å². The molecule has 4 rings (SSSR count). The van der Waals surface area contributed by atoms with Crippen LogP contribution in [0.2, 0.25) is 0 Å². The summed E-state index contributed by atoms with van der Waals surface area (Å²) in [6.07, 6.45) is 0.259. The first-order chi connectivity index (χ1) is 20.7. The Hall–Kier alpha value is -4.63. The number of nitrogens with zero attached hydrogens (tertiary/aromatic N) is 2. The van der Waals surface area contributed by atoms with E-state index in [4.69, 9.17) is 4.74 Å². The molecule has 2 amide bonds. The van der Waals surface area contributed by atoms with Crippen LogP contribution in [0.3, 0.4) is 0 Å².